The average molecular weight is 402 g/mol. The van der Waals surface area contributed by atoms with Crippen LogP contribution in [0.2, 0.25) is 0 Å². The maximum Gasteiger partial charge on any atom is 0.266 e. The minimum absolute atomic E-state index is 0.00925. The maximum absolute atomic E-state index is 12.6. The van der Waals surface area contributed by atoms with Crippen LogP contribution in [0.25, 0.3) is 6.08 Å². The highest BCUT2D eigenvalue weighted by molar-refractivity contribution is 6.10. The second-order valence-corrected chi connectivity index (χ2v) is 6.47. The lowest BCUT2D eigenvalue weighted by Gasteiger charge is -2.16. The van der Waals surface area contributed by atoms with Crippen molar-refractivity contribution in [2.45, 2.75) is 20.3 Å². The number of hydrogen-bond donors (Lipinski definition) is 1. The zero-order valence-corrected chi connectivity index (χ0v) is 17.4. The van der Waals surface area contributed by atoms with Crippen molar-refractivity contribution in [3.8, 4) is 17.6 Å². The predicted octanol–water partition coefficient (Wildman–Crippen LogP) is 5.23. The standard InChI is InChI=1S/C25H26N2O3/c1-5-10-20-14-19(16-23(29-7-3)24(20)30-13-6-2)15-21(17-26)25(28)27-22-12-9-8-11-18(22)4/h5-6,8-9,11-12,14-16H,1-2,7,10,13H2,3-4H3,(H,27,28)/b21-15+. The molecule has 1 N–H and O–H groups in total. The molecule has 0 heterocycles. The summed E-state index contributed by atoms with van der Waals surface area (Å²) in [5.41, 5.74) is 3.08. The first-order valence-corrected chi connectivity index (χ1v) is 9.67. The van der Waals surface area contributed by atoms with Crippen molar-refractivity contribution in [1.29, 1.82) is 5.26 Å². The van der Waals surface area contributed by atoms with Crippen molar-refractivity contribution in [2.75, 3.05) is 18.5 Å². The normalized spacial score (nSPS) is 10.6. The minimum Gasteiger partial charge on any atom is -0.490 e. The number of rotatable bonds is 10. The summed E-state index contributed by atoms with van der Waals surface area (Å²) in [6.45, 7) is 12.0. The van der Waals surface area contributed by atoms with Crippen LogP contribution in [0, 0.1) is 18.3 Å². The van der Waals surface area contributed by atoms with Crippen LogP contribution in [0.1, 0.15) is 23.6 Å². The molecule has 0 saturated heterocycles. The maximum atomic E-state index is 12.6. The summed E-state index contributed by atoms with van der Waals surface area (Å²) in [6, 6.07) is 13.0. The molecule has 0 aromatic heterocycles. The molecular weight excluding hydrogens is 376 g/mol. The van der Waals surface area contributed by atoms with E-state index in [1.54, 1.807) is 30.4 Å². The fourth-order valence-corrected chi connectivity index (χ4v) is 2.86. The molecule has 154 valence electrons. The zero-order chi connectivity index (χ0) is 21.9. The van der Waals surface area contributed by atoms with Crippen LogP contribution in [0.15, 0.2) is 67.3 Å². The van der Waals surface area contributed by atoms with Gasteiger partial charge in [0.1, 0.15) is 18.2 Å². The molecule has 0 bridgehead atoms. The van der Waals surface area contributed by atoms with E-state index in [0.717, 1.165) is 11.1 Å². The highest BCUT2D eigenvalue weighted by Gasteiger charge is 2.15. The molecule has 0 aliphatic carbocycles. The lowest BCUT2D eigenvalue weighted by molar-refractivity contribution is -0.112. The van der Waals surface area contributed by atoms with E-state index in [1.165, 1.54) is 0 Å². The first kappa shape index (κ1) is 22.5. The Hall–Kier alpha value is -3.78. The van der Waals surface area contributed by atoms with Crippen LogP contribution in [0.3, 0.4) is 0 Å². The molecule has 0 fully saturated rings. The van der Waals surface area contributed by atoms with Crippen LogP contribution in [-0.4, -0.2) is 19.1 Å². The van der Waals surface area contributed by atoms with E-state index in [2.05, 4.69) is 18.5 Å². The largest absolute Gasteiger partial charge is 0.490 e. The van der Waals surface area contributed by atoms with Gasteiger partial charge in [-0.1, -0.05) is 36.9 Å². The topological polar surface area (TPSA) is 71.3 Å². The number of anilines is 1. The Morgan fingerprint density at radius 3 is 2.60 bits per heavy atom. The van der Waals surface area contributed by atoms with Gasteiger partial charge in [0.05, 0.1) is 6.61 Å². The van der Waals surface area contributed by atoms with Crippen LogP contribution in [-0.2, 0) is 11.2 Å². The fourth-order valence-electron chi connectivity index (χ4n) is 2.86. The van der Waals surface area contributed by atoms with Gasteiger partial charge >= 0.3 is 0 Å². The van der Waals surface area contributed by atoms with E-state index < -0.39 is 5.91 Å². The Morgan fingerprint density at radius 1 is 1.20 bits per heavy atom. The number of para-hydroxylation sites is 1. The van der Waals surface area contributed by atoms with Crippen molar-refractivity contribution in [2.24, 2.45) is 0 Å². The van der Waals surface area contributed by atoms with Crippen LogP contribution in [0.5, 0.6) is 11.5 Å². The van der Waals surface area contributed by atoms with Gasteiger partial charge in [-0.15, -0.1) is 6.58 Å². The third-order valence-electron chi connectivity index (χ3n) is 4.23. The molecule has 5 heteroatoms. The van der Waals surface area contributed by atoms with Gasteiger partial charge in [-0.05, 0) is 55.7 Å². The minimum atomic E-state index is -0.470. The number of allylic oxidation sites excluding steroid dienone is 1. The second-order valence-electron chi connectivity index (χ2n) is 6.47. The lowest BCUT2D eigenvalue weighted by atomic mass is 10.0. The Kier molecular flexibility index (Phi) is 8.46. The third-order valence-corrected chi connectivity index (χ3v) is 4.23. The van der Waals surface area contributed by atoms with E-state index in [4.69, 9.17) is 9.47 Å². The number of amides is 1. The van der Waals surface area contributed by atoms with Gasteiger partial charge in [0.25, 0.3) is 5.91 Å². The van der Waals surface area contributed by atoms with Crippen molar-refractivity contribution < 1.29 is 14.3 Å². The summed E-state index contributed by atoms with van der Waals surface area (Å²) < 4.78 is 11.5. The quantitative estimate of drug-likeness (QED) is 0.335. The molecule has 0 atom stereocenters. The van der Waals surface area contributed by atoms with E-state index in [0.29, 0.717) is 42.4 Å². The SMILES string of the molecule is C=CCOc1c(CC=C)cc(/C=C(\C#N)C(=O)Nc2ccccc2C)cc1OCC. The molecule has 0 aliphatic heterocycles. The van der Waals surface area contributed by atoms with Gasteiger partial charge in [-0.25, -0.2) is 0 Å². The van der Waals surface area contributed by atoms with Crippen molar-refractivity contribution in [1.82, 2.24) is 0 Å². The molecule has 0 spiro atoms. The van der Waals surface area contributed by atoms with Crippen molar-refractivity contribution in [3.63, 3.8) is 0 Å². The first-order valence-electron chi connectivity index (χ1n) is 9.67. The number of carbonyl (C=O) groups is 1. The molecule has 30 heavy (non-hydrogen) atoms. The number of nitrogens with zero attached hydrogens (tertiary/aromatic N) is 1. The molecule has 0 unspecified atom stereocenters. The van der Waals surface area contributed by atoms with Crippen molar-refractivity contribution in [3.05, 3.63) is 84.0 Å². The average Bonchev–Trinajstić information content (AvgIpc) is 2.73. The summed E-state index contributed by atoms with van der Waals surface area (Å²) in [4.78, 5) is 12.6. The Bertz CT molecular complexity index is 1000. The highest BCUT2D eigenvalue weighted by atomic mass is 16.5. The van der Waals surface area contributed by atoms with Gasteiger partial charge < -0.3 is 14.8 Å². The van der Waals surface area contributed by atoms with E-state index in [-0.39, 0.29) is 5.57 Å². The smallest absolute Gasteiger partial charge is 0.266 e. The van der Waals surface area contributed by atoms with Crippen LogP contribution in [0.4, 0.5) is 5.69 Å². The molecular formula is C25H26N2O3. The first-order chi connectivity index (χ1) is 14.5. The van der Waals surface area contributed by atoms with Crippen LogP contribution < -0.4 is 14.8 Å². The summed E-state index contributed by atoms with van der Waals surface area (Å²) >= 11 is 0. The summed E-state index contributed by atoms with van der Waals surface area (Å²) in [5.74, 6) is 0.681. The molecule has 5 nitrogen and oxygen atoms in total. The van der Waals surface area contributed by atoms with Gasteiger partial charge in [0.2, 0.25) is 0 Å². The number of hydrogen-bond acceptors (Lipinski definition) is 4. The predicted molar refractivity (Wildman–Crippen MR) is 121 cm³/mol. The summed E-state index contributed by atoms with van der Waals surface area (Å²) in [5, 5.41) is 12.3. The molecule has 0 aliphatic rings. The number of aryl methyl sites for hydroxylation is 1. The van der Waals surface area contributed by atoms with Gasteiger partial charge in [-0.2, -0.15) is 5.26 Å². The van der Waals surface area contributed by atoms with Gasteiger partial charge in [0.15, 0.2) is 11.5 Å². The Balaban J connectivity index is 2.44. The number of benzene rings is 2. The number of nitriles is 1. The molecule has 0 saturated carbocycles. The Labute approximate surface area is 177 Å². The second kappa shape index (κ2) is 11.3. The highest BCUT2D eigenvalue weighted by Crippen LogP contribution is 2.34. The fraction of sp³-hybridized carbons (Fsp3) is 0.200. The lowest BCUT2D eigenvalue weighted by Crippen LogP contribution is -2.14. The van der Waals surface area contributed by atoms with Gasteiger partial charge in [0, 0.05) is 11.3 Å². The summed E-state index contributed by atoms with van der Waals surface area (Å²) in [7, 11) is 0. The number of carbonyl (C=O) groups excluding carboxylic acids is 1. The van der Waals surface area contributed by atoms with Crippen molar-refractivity contribution >= 4 is 17.7 Å². The zero-order valence-electron chi connectivity index (χ0n) is 17.4. The molecule has 2 aromatic carbocycles. The number of ether oxygens (including phenoxy) is 2. The number of nitrogens with one attached hydrogen (secondary N) is 1. The molecule has 1 amide bonds. The monoisotopic (exact) mass is 402 g/mol. The van der Waals surface area contributed by atoms with E-state index >= 15 is 0 Å². The molecule has 0 radical (unpaired) electrons. The van der Waals surface area contributed by atoms with Crippen LogP contribution >= 0.6 is 0 Å². The molecule has 2 rings (SSSR count). The Morgan fingerprint density at radius 2 is 1.97 bits per heavy atom. The summed E-state index contributed by atoms with van der Waals surface area (Å²) in [6.07, 6.45) is 5.51. The van der Waals surface area contributed by atoms with Gasteiger partial charge in [-0.3, -0.25) is 4.79 Å². The van der Waals surface area contributed by atoms with E-state index in [1.807, 2.05) is 44.2 Å². The van der Waals surface area contributed by atoms with E-state index in [9.17, 15) is 10.1 Å². The molecule has 2 aromatic rings. The third kappa shape index (κ3) is 5.86.